The molecule has 1 aliphatic heterocycles. The van der Waals surface area contributed by atoms with Crippen LogP contribution < -0.4 is 4.74 Å². The third kappa shape index (κ3) is 4.71. The van der Waals surface area contributed by atoms with E-state index in [9.17, 15) is 9.59 Å². The van der Waals surface area contributed by atoms with E-state index >= 15 is 0 Å². The van der Waals surface area contributed by atoms with Crippen molar-refractivity contribution in [2.24, 2.45) is 11.3 Å². The van der Waals surface area contributed by atoms with Crippen molar-refractivity contribution in [1.82, 2.24) is 4.90 Å². The van der Waals surface area contributed by atoms with Gasteiger partial charge in [0.05, 0.1) is 0 Å². The Labute approximate surface area is 137 Å². The maximum Gasteiger partial charge on any atom is 0.341 e. The van der Waals surface area contributed by atoms with Crippen LogP contribution in [0.3, 0.4) is 0 Å². The number of amides is 1. The lowest BCUT2D eigenvalue weighted by Crippen LogP contribution is -2.41. The Balaban J connectivity index is 1.98. The molecule has 0 bridgehead atoms. The summed E-state index contributed by atoms with van der Waals surface area (Å²) in [6.07, 6.45) is 2.04. The second-order valence-electron chi connectivity index (χ2n) is 7.14. The number of ether oxygens (including phenoxy) is 1. The van der Waals surface area contributed by atoms with E-state index in [1.807, 2.05) is 4.90 Å². The van der Waals surface area contributed by atoms with Gasteiger partial charge < -0.3 is 14.7 Å². The summed E-state index contributed by atoms with van der Waals surface area (Å²) < 4.78 is 5.14. The van der Waals surface area contributed by atoms with Crippen molar-refractivity contribution < 1.29 is 19.4 Å². The predicted octanol–water partition coefficient (Wildman–Crippen LogP) is 3.05. The number of aliphatic carboxylic acids is 1. The van der Waals surface area contributed by atoms with E-state index in [-0.39, 0.29) is 11.3 Å². The highest BCUT2D eigenvalue weighted by Crippen LogP contribution is 2.34. The fraction of sp³-hybridized carbons (Fsp3) is 0.556. The second-order valence-corrected chi connectivity index (χ2v) is 7.14. The zero-order chi connectivity index (χ0) is 17.0. The van der Waals surface area contributed by atoms with Crippen LogP contribution in [0.4, 0.5) is 0 Å². The number of nitrogens with zero attached hydrogens (tertiary/aromatic N) is 1. The van der Waals surface area contributed by atoms with Crippen molar-refractivity contribution in [3.63, 3.8) is 0 Å². The first kappa shape index (κ1) is 17.3. The first-order valence-electron chi connectivity index (χ1n) is 8.01. The van der Waals surface area contributed by atoms with E-state index in [1.165, 1.54) is 0 Å². The minimum absolute atomic E-state index is 0.0156. The Morgan fingerprint density at radius 2 is 1.91 bits per heavy atom. The number of benzene rings is 1. The first-order chi connectivity index (χ1) is 10.8. The number of carboxylic acid groups (broad SMARTS) is 1. The monoisotopic (exact) mass is 319 g/mol. The SMILES string of the molecule is CC(C)(C)C1CCN(C(=O)c2cccc(OCC(=O)O)c2)CC1. The van der Waals surface area contributed by atoms with Gasteiger partial charge in [0.15, 0.2) is 6.61 Å². The van der Waals surface area contributed by atoms with Crippen LogP contribution in [0.15, 0.2) is 24.3 Å². The van der Waals surface area contributed by atoms with Crippen LogP contribution >= 0.6 is 0 Å². The number of carbonyl (C=O) groups is 2. The van der Waals surface area contributed by atoms with Crippen molar-refractivity contribution in [1.29, 1.82) is 0 Å². The van der Waals surface area contributed by atoms with Gasteiger partial charge in [-0.3, -0.25) is 4.79 Å². The number of piperidine rings is 1. The van der Waals surface area contributed by atoms with Crippen molar-refractivity contribution >= 4 is 11.9 Å². The molecule has 0 aromatic heterocycles. The van der Waals surface area contributed by atoms with Gasteiger partial charge >= 0.3 is 5.97 Å². The Bertz CT molecular complexity index is 569. The van der Waals surface area contributed by atoms with E-state index in [1.54, 1.807) is 24.3 Å². The standard InChI is InChI=1S/C18H25NO4/c1-18(2,3)14-7-9-19(10-8-14)17(22)13-5-4-6-15(11-13)23-12-16(20)21/h4-6,11,14H,7-10,12H2,1-3H3,(H,20,21). The van der Waals surface area contributed by atoms with E-state index in [4.69, 9.17) is 9.84 Å². The summed E-state index contributed by atoms with van der Waals surface area (Å²) in [5, 5.41) is 8.65. The topological polar surface area (TPSA) is 66.8 Å². The van der Waals surface area contributed by atoms with Crippen molar-refractivity contribution in [3.8, 4) is 5.75 Å². The molecule has 1 aromatic rings. The van der Waals surface area contributed by atoms with Gasteiger partial charge in [-0.2, -0.15) is 0 Å². The highest BCUT2D eigenvalue weighted by atomic mass is 16.5. The lowest BCUT2D eigenvalue weighted by Gasteiger charge is -2.38. The Morgan fingerprint density at radius 3 is 2.48 bits per heavy atom. The molecule has 1 aliphatic rings. The molecular weight excluding hydrogens is 294 g/mol. The van der Waals surface area contributed by atoms with Crippen LogP contribution in [0, 0.1) is 11.3 Å². The fourth-order valence-electron chi connectivity index (χ4n) is 3.00. The molecule has 1 N–H and O–H groups in total. The smallest absolute Gasteiger partial charge is 0.341 e. The van der Waals surface area contributed by atoms with Crippen LogP contribution in [-0.4, -0.2) is 41.6 Å². The molecule has 2 rings (SSSR count). The zero-order valence-electron chi connectivity index (χ0n) is 14.0. The van der Waals surface area contributed by atoms with Gasteiger partial charge in [-0.15, -0.1) is 0 Å². The molecule has 1 heterocycles. The van der Waals surface area contributed by atoms with Crippen LogP contribution in [0.1, 0.15) is 44.0 Å². The molecule has 1 fully saturated rings. The summed E-state index contributed by atoms with van der Waals surface area (Å²) in [5.74, 6) is -0.0104. The predicted molar refractivity (Wildman–Crippen MR) is 87.7 cm³/mol. The third-order valence-electron chi connectivity index (χ3n) is 4.45. The van der Waals surface area contributed by atoms with Gasteiger partial charge in [-0.05, 0) is 42.4 Å². The van der Waals surface area contributed by atoms with Crippen molar-refractivity contribution in [2.45, 2.75) is 33.6 Å². The lowest BCUT2D eigenvalue weighted by atomic mass is 9.75. The molecule has 23 heavy (non-hydrogen) atoms. The molecule has 1 aromatic carbocycles. The van der Waals surface area contributed by atoms with Crippen molar-refractivity contribution in [2.75, 3.05) is 19.7 Å². The maximum absolute atomic E-state index is 12.6. The molecule has 0 spiro atoms. The second kappa shape index (κ2) is 7.02. The van der Waals surface area contributed by atoms with Crippen molar-refractivity contribution in [3.05, 3.63) is 29.8 Å². The molecule has 0 atom stereocenters. The minimum Gasteiger partial charge on any atom is -0.482 e. The molecule has 126 valence electrons. The van der Waals surface area contributed by atoms with Crippen LogP contribution in [0.5, 0.6) is 5.75 Å². The summed E-state index contributed by atoms with van der Waals surface area (Å²) in [6, 6.07) is 6.73. The van der Waals surface area contributed by atoms with Gasteiger partial charge in [0.2, 0.25) is 0 Å². The van der Waals surface area contributed by atoms with Gasteiger partial charge in [0.1, 0.15) is 5.75 Å². The van der Waals surface area contributed by atoms with E-state index in [0.717, 1.165) is 25.9 Å². The number of hydrogen-bond donors (Lipinski definition) is 1. The first-order valence-corrected chi connectivity index (χ1v) is 8.01. The normalized spacial score (nSPS) is 16.2. The molecule has 5 nitrogen and oxygen atoms in total. The van der Waals surface area contributed by atoms with Gasteiger partial charge in [-0.25, -0.2) is 4.79 Å². The van der Waals surface area contributed by atoms with Crippen LogP contribution in [0.25, 0.3) is 0 Å². The van der Waals surface area contributed by atoms with Crippen LogP contribution in [0.2, 0.25) is 0 Å². The average Bonchev–Trinajstić information content (AvgIpc) is 2.52. The zero-order valence-corrected chi connectivity index (χ0v) is 14.0. The quantitative estimate of drug-likeness (QED) is 0.926. The molecule has 1 amide bonds. The maximum atomic E-state index is 12.6. The number of hydrogen-bond acceptors (Lipinski definition) is 3. The molecule has 5 heteroatoms. The summed E-state index contributed by atoms with van der Waals surface area (Å²) >= 11 is 0. The average molecular weight is 319 g/mol. The molecule has 0 saturated carbocycles. The summed E-state index contributed by atoms with van der Waals surface area (Å²) in [4.78, 5) is 25.0. The number of rotatable bonds is 4. The summed E-state index contributed by atoms with van der Waals surface area (Å²) in [7, 11) is 0. The summed E-state index contributed by atoms with van der Waals surface area (Å²) in [6.45, 7) is 7.87. The molecular formula is C18H25NO4. The minimum atomic E-state index is -1.04. The Hall–Kier alpha value is -2.04. The molecule has 1 saturated heterocycles. The van der Waals surface area contributed by atoms with E-state index in [0.29, 0.717) is 17.2 Å². The fourth-order valence-corrected chi connectivity index (χ4v) is 3.00. The Kier molecular flexibility index (Phi) is 5.29. The lowest BCUT2D eigenvalue weighted by molar-refractivity contribution is -0.139. The number of likely N-dealkylation sites (tertiary alicyclic amines) is 1. The number of carboxylic acids is 1. The van der Waals surface area contributed by atoms with Gasteiger partial charge in [0.25, 0.3) is 5.91 Å². The van der Waals surface area contributed by atoms with Gasteiger partial charge in [-0.1, -0.05) is 26.8 Å². The highest BCUT2D eigenvalue weighted by molar-refractivity contribution is 5.94. The van der Waals surface area contributed by atoms with Crippen LogP contribution in [-0.2, 0) is 4.79 Å². The number of carbonyl (C=O) groups excluding carboxylic acids is 1. The largest absolute Gasteiger partial charge is 0.482 e. The molecule has 0 unspecified atom stereocenters. The van der Waals surface area contributed by atoms with E-state index in [2.05, 4.69) is 20.8 Å². The highest BCUT2D eigenvalue weighted by Gasteiger charge is 2.30. The third-order valence-corrected chi connectivity index (χ3v) is 4.45. The Morgan fingerprint density at radius 1 is 1.26 bits per heavy atom. The molecule has 0 radical (unpaired) electrons. The van der Waals surface area contributed by atoms with Gasteiger partial charge in [0, 0.05) is 18.7 Å². The molecule has 0 aliphatic carbocycles. The van der Waals surface area contributed by atoms with E-state index < -0.39 is 12.6 Å². The summed E-state index contributed by atoms with van der Waals surface area (Å²) in [5.41, 5.74) is 0.821.